The minimum atomic E-state index is -0.789. The van der Waals surface area contributed by atoms with Crippen LogP contribution in [0.4, 0.5) is 14.5 Å². The molecule has 220 valence electrons. The van der Waals surface area contributed by atoms with E-state index in [0.717, 1.165) is 12.3 Å². The predicted octanol–water partition coefficient (Wildman–Crippen LogP) is 5.59. The molecule has 4 aromatic heterocycles. The third kappa shape index (κ3) is 5.83. The molecule has 5 rings (SSSR count). The van der Waals surface area contributed by atoms with Crippen molar-refractivity contribution in [1.82, 2.24) is 19.9 Å². The number of aromatic hydroxyl groups is 1. The van der Waals surface area contributed by atoms with Crippen molar-refractivity contribution >= 4 is 22.6 Å². The zero-order valence-electron chi connectivity index (χ0n) is 23.4. The van der Waals surface area contributed by atoms with Gasteiger partial charge in [-0.25, -0.2) is 13.8 Å². The predicted molar refractivity (Wildman–Crippen MR) is 152 cm³/mol. The number of aromatic nitrogens is 4. The molecule has 0 unspecified atom stereocenters. The standard InChI is InChI=1S/C30H25F2N5O6/c1-15-25(19-7-5-16(31)13-34-19)28(38)26(21(35-15)14-40-2)29(39)36-17-6-8-22(18(32)11-17)43-23-9-10-33-20-12-24(41-3)30(42-4)37-27(20)23/h5-13H,14H2,1-4H3,(H,35,38)(H,36,39). The van der Waals surface area contributed by atoms with Crippen molar-refractivity contribution in [3.8, 4) is 40.1 Å². The van der Waals surface area contributed by atoms with Crippen molar-refractivity contribution < 1.29 is 37.6 Å². The molecule has 4 heterocycles. The van der Waals surface area contributed by atoms with Gasteiger partial charge in [0.1, 0.15) is 22.6 Å². The Kier molecular flexibility index (Phi) is 8.25. The number of fused-ring (bicyclic) bond motifs is 1. The number of aryl methyl sites for hydroxylation is 1. The number of ether oxygens (including phenoxy) is 4. The van der Waals surface area contributed by atoms with E-state index in [9.17, 15) is 14.3 Å². The number of rotatable bonds is 9. The van der Waals surface area contributed by atoms with Gasteiger partial charge in [-0.3, -0.25) is 19.7 Å². The number of anilines is 1. The highest BCUT2D eigenvalue weighted by molar-refractivity contribution is 6.08. The first-order valence-corrected chi connectivity index (χ1v) is 12.7. The lowest BCUT2D eigenvalue weighted by molar-refractivity contribution is 0.101. The van der Waals surface area contributed by atoms with E-state index in [1.165, 1.54) is 57.9 Å². The lowest BCUT2D eigenvalue weighted by atomic mass is 10.0. The van der Waals surface area contributed by atoms with Gasteiger partial charge in [-0.1, -0.05) is 0 Å². The van der Waals surface area contributed by atoms with Crippen molar-refractivity contribution in [3.05, 3.63) is 83.4 Å². The summed E-state index contributed by atoms with van der Waals surface area (Å²) in [7, 11) is 4.32. The number of pyridine rings is 4. The van der Waals surface area contributed by atoms with Crippen LogP contribution in [0.15, 0.2) is 54.9 Å². The smallest absolute Gasteiger partial charge is 0.261 e. The first kappa shape index (κ1) is 29.1. The molecule has 0 atom stereocenters. The Balaban J connectivity index is 1.44. The molecule has 0 saturated carbocycles. The van der Waals surface area contributed by atoms with Crippen molar-refractivity contribution in [2.24, 2.45) is 0 Å². The summed E-state index contributed by atoms with van der Waals surface area (Å²) in [5.74, 6) is -1.93. The summed E-state index contributed by atoms with van der Waals surface area (Å²) >= 11 is 0. The van der Waals surface area contributed by atoms with E-state index in [0.29, 0.717) is 22.5 Å². The molecule has 0 radical (unpaired) electrons. The fourth-order valence-electron chi connectivity index (χ4n) is 4.42. The van der Waals surface area contributed by atoms with Gasteiger partial charge in [0.15, 0.2) is 23.1 Å². The number of amides is 1. The number of nitrogens with one attached hydrogen (secondary N) is 1. The summed E-state index contributed by atoms with van der Waals surface area (Å²) < 4.78 is 50.2. The van der Waals surface area contributed by atoms with E-state index < -0.39 is 23.3 Å². The van der Waals surface area contributed by atoms with E-state index in [-0.39, 0.29) is 52.2 Å². The van der Waals surface area contributed by atoms with Gasteiger partial charge >= 0.3 is 0 Å². The van der Waals surface area contributed by atoms with Crippen LogP contribution in [0.3, 0.4) is 0 Å². The molecule has 2 N–H and O–H groups in total. The van der Waals surface area contributed by atoms with Crippen molar-refractivity contribution in [1.29, 1.82) is 0 Å². The van der Waals surface area contributed by atoms with Crippen molar-refractivity contribution in [3.63, 3.8) is 0 Å². The third-order valence-corrected chi connectivity index (χ3v) is 6.35. The monoisotopic (exact) mass is 589 g/mol. The molecule has 5 aromatic rings. The normalized spacial score (nSPS) is 10.9. The van der Waals surface area contributed by atoms with Crippen LogP contribution < -0.4 is 19.5 Å². The lowest BCUT2D eigenvalue weighted by Gasteiger charge is -2.16. The second-order valence-electron chi connectivity index (χ2n) is 9.12. The topological polar surface area (TPSA) is 138 Å². The third-order valence-electron chi connectivity index (χ3n) is 6.35. The van der Waals surface area contributed by atoms with Crippen LogP contribution >= 0.6 is 0 Å². The molecule has 13 heteroatoms. The van der Waals surface area contributed by atoms with Crippen molar-refractivity contribution in [2.75, 3.05) is 26.6 Å². The second kappa shape index (κ2) is 12.2. The number of carbonyl (C=O) groups excluding carboxylic acids is 1. The quantitative estimate of drug-likeness (QED) is 0.224. The van der Waals surface area contributed by atoms with E-state index in [4.69, 9.17) is 18.9 Å². The first-order valence-electron chi connectivity index (χ1n) is 12.7. The second-order valence-corrected chi connectivity index (χ2v) is 9.12. The van der Waals surface area contributed by atoms with E-state index in [1.807, 2.05) is 0 Å². The average Bonchev–Trinajstić information content (AvgIpc) is 2.99. The SMILES string of the molecule is COCc1nc(C)c(-c2ccc(F)cn2)c(O)c1C(=O)Nc1ccc(Oc2ccnc3cc(OC)c(OC)nc23)c(F)c1. The zero-order chi connectivity index (χ0) is 30.7. The van der Waals surface area contributed by atoms with Crippen LogP contribution in [-0.2, 0) is 11.3 Å². The fourth-order valence-corrected chi connectivity index (χ4v) is 4.42. The zero-order valence-corrected chi connectivity index (χ0v) is 23.4. The summed E-state index contributed by atoms with van der Waals surface area (Å²) in [4.78, 5) is 30.4. The number of hydrogen-bond donors (Lipinski definition) is 2. The van der Waals surface area contributed by atoms with Gasteiger partial charge in [0.25, 0.3) is 11.8 Å². The minimum absolute atomic E-state index is 0.0729. The molecular formula is C30H25F2N5O6. The molecule has 1 aromatic carbocycles. The van der Waals surface area contributed by atoms with Crippen LogP contribution in [0.25, 0.3) is 22.3 Å². The van der Waals surface area contributed by atoms with Crippen LogP contribution in [0, 0.1) is 18.6 Å². The highest BCUT2D eigenvalue weighted by Crippen LogP contribution is 2.37. The maximum absolute atomic E-state index is 15.2. The Morgan fingerprint density at radius 3 is 2.44 bits per heavy atom. The van der Waals surface area contributed by atoms with Crippen LogP contribution in [0.5, 0.6) is 28.9 Å². The van der Waals surface area contributed by atoms with Gasteiger partial charge in [-0.15, -0.1) is 0 Å². The van der Waals surface area contributed by atoms with Crippen molar-refractivity contribution in [2.45, 2.75) is 13.5 Å². The van der Waals surface area contributed by atoms with Crippen LogP contribution in [0.2, 0.25) is 0 Å². The van der Waals surface area contributed by atoms with Gasteiger partial charge in [0, 0.05) is 37.2 Å². The molecule has 1 amide bonds. The van der Waals surface area contributed by atoms with Crippen LogP contribution in [-0.4, -0.2) is 52.3 Å². The summed E-state index contributed by atoms with van der Waals surface area (Å²) in [6, 6.07) is 9.49. The number of halogens is 2. The molecule has 43 heavy (non-hydrogen) atoms. The Bertz CT molecular complexity index is 1840. The molecule has 0 aliphatic rings. The van der Waals surface area contributed by atoms with E-state index in [2.05, 4.69) is 25.3 Å². The minimum Gasteiger partial charge on any atom is -0.506 e. The van der Waals surface area contributed by atoms with Gasteiger partial charge in [0.05, 0.1) is 55.2 Å². The Morgan fingerprint density at radius 2 is 1.77 bits per heavy atom. The number of hydrogen-bond acceptors (Lipinski definition) is 10. The molecule has 0 aliphatic carbocycles. The summed E-state index contributed by atoms with van der Waals surface area (Å²) in [5, 5.41) is 13.7. The number of nitrogens with zero attached hydrogens (tertiary/aromatic N) is 4. The summed E-state index contributed by atoms with van der Waals surface area (Å²) in [6.07, 6.45) is 2.47. The van der Waals surface area contributed by atoms with Gasteiger partial charge in [0.2, 0.25) is 0 Å². The van der Waals surface area contributed by atoms with E-state index >= 15 is 4.39 Å². The highest BCUT2D eigenvalue weighted by Gasteiger charge is 2.25. The highest BCUT2D eigenvalue weighted by atomic mass is 19.1. The Hall–Kier alpha value is -5.43. The molecule has 11 nitrogen and oxygen atoms in total. The van der Waals surface area contributed by atoms with Gasteiger partial charge in [-0.05, 0) is 31.2 Å². The maximum atomic E-state index is 15.2. The maximum Gasteiger partial charge on any atom is 0.261 e. The number of benzene rings is 1. The number of methoxy groups -OCH3 is 3. The summed E-state index contributed by atoms with van der Waals surface area (Å²) in [5.41, 5.74) is 1.48. The Morgan fingerprint density at radius 1 is 0.953 bits per heavy atom. The average molecular weight is 590 g/mol. The largest absolute Gasteiger partial charge is 0.506 e. The van der Waals surface area contributed by atoms with Gasteiger partial charge < -0.3 is 29.4 Å². The molecule has 0 saturated heterocycles. The van der Waals surface area contributed by atoms with Gasteiger partial charge in [-0.2, -0.15) is 0 Å². The first-order chi connectivity index (χ1) is 20.7. The number of carbonyl (C=O) groups is 1. The summed E-state index contributed by atoms with van der Waals surface area (Å²) in [6.45, 7) is 1.52. The molecule has 0 aliphatic heterocycles. The van der Waals surface area contributed by atoms with Crippen LogP contribution in [0.1, 0.15) is 21.7 Å². The van der Waals surface area contributed by atoms with E-state index in [1.54, 1.807) is 13.0 Å². The molecule has 0 fully saturated rings. The fraction of sp³-hybridized carbons (Fsp3) is 0.167. The molecular weight excluding hydrogens is 564 g/mol. The molecule has 0 spiro atoms. The Labute approximate surface area is 244 Å². The molecule has 0 bridgehead atoms. The lowest BCUT2D eigenvalue weighted by Crippen LogP contribution is -2.17.